The summed E-state index contributed by atoms with van der Waals surface area (Å²) >= 11 is 0. The Hall–Kier alpha value is -2.14. The Morgan fingerprint density at radius 3 is 2.26 bits per heavy atom. The highest BCUT2D eigenvalue weighted by Gasteiger charge is 2.28. The number of nitrogens with one attached hydrogen (secondary N) is 1. The number of nitrogens with zero attached hydrogens (tertiary/aromatic N) is 2. The molecule has 0 bridgehead atoms. The molecule has 0 saturated carbocycles. The van der Waals surface area contributed by atoms with Gasteiger partial charge in [0, 0.05) is 32.7 Å². The molecule has 8 nitrogen and oxygen atoms in total. The van der Waals surface area contributed by atoms with Crippen molar-refractivity contribution < 1.29 is 21.6 Å². The molecule has 0 aliphatic carbocycles. The number of rotatable bonds is 8. The number of piperazine rings is 1. The fourth-order valence-electron chi connectivity index (χ4n) is 3.50. The Balaban J connectivity index is 1.56. The lowest BCUT2D eigenvalue weighted by molar-refractivity contribution is 0.378. The van der Waals surface area contributed by atoms with E-state index in [1.54, 1.807) is 19.2 Å². The predicted octanol–water partition coefficient (Wildman–Crippen LogP) is 1.74. The van der Waals surface area contributed by atoms with Crippen LogP contribution in [0.5, 0.6) is 5.75 Å². The number of ether oxygens (including phenoxy) is 1. The van der Waals surface area contributed by atoms with Crippen molar-refractivity contribution in [2.24, 2.45) is 0 Å². The lowest BCUT2D eigenvalue weighted by Crippen LogP contribution is -2.50. The summed E-state index contributed by atoms with van der Waals surface area (Å²) in [7, 11) is -5.73. The van der Waals surface area contributed by atoms with Crippen LogP contribution in [-0.4, -0.2) is 66.7 Å². The van der Waals surface area contributed by atoms with E-state index in [9.17, 15) is 16.8 Å². The van der Waals surface area contributed by atoms with Gasteiger partial charge in [0.25, 0.3) is 0 Å². The Kier molecular flexibility index (Phi) is 7.25. The molecular weight excluding hydrogens is 438 g/mol. The van der Waals surface area contributed by atoms with Crippen molar-refractivity contribution in [3.63, 3.8) is 0 Å². The maximum absolute atomic E-state index is 12.7. The molecule has 1 saturated heterocycles. The summed E-state index contributed by atoms with van der Waals surface area (Å²) in [5, 5.41) is 0. The zero-order valence-electron chi connectivity index (χ0n) is 18.0. The first-order valence-corrected chi connectivity index (χ1v) is 13.2. The number of sulfonamides is 2. The second kappa shape index (κ2) is 9.56. The lowest BCUT2D eigenvalue weighted by atomic mass is 10.1. The molecule has 10 heteroatoms. The summed E-state index contributed by atoms with van der Waals surface area (Å²) < 4.78 is 59.6. The second-order valence-corrected chi connectivity index (χ2v) is 11.4. The van der Waals surface area contributed by atoms with Gasteiger partial charge in [0.15, 0.2) is 0 Å². The quantitative estimate of drug-likeness (QED) is 0.635. The first-order chi connectivity index (χ1) is 14.6. The zero-order valence-corrected chi connectivity index (χ0v) is 19.7. The minimum absolute atomic E-state index is 0.137. The molecule has 1 fully saturated rings. The Labute approximate surface area is 184 Å². The molecule has 1 aliphatic rings. The van der Waals surface area contributed by atoms with Crippen LogP contribution < -0.4 is 14.4 Å². The van der Waals surface area contributed by atoms with Gasteiger partial charge in [0.05, 0.1) is 23.4 Å². The summed E-state index contributed by atoms with van der Waals surface area (Å²) in [5.74, 6) is 0.464. The first kappa shape index (κ1) is 23.5. The molecule has 0 atom stereocenters. The van der Waals surface area contributed by atoms with Crippen LogP contribution in [0.2, 0.25) is 0 Å². The molecule has 2 aromatic carbocycles. The van der Waals surface area contributed by atoms with E-state index in [-0.39, 0.29) is 17.2 Å². The van der Waals surface area contributed by atoms with Gasteiger partial charge in [-0.1, -0.05) is 18.2 Å². The van der Waals surface area contributed by atoms with Crippen LogP contribution in [0.3, 0.4) is 0 Å². The Bertz CT molecular complexity index is 1130. The number of methoxy groups -OCH3 is 1. The molecule has 1 aliphatic heterocycles. The zero-order chi connectivity index (χ0) is 22.6. The van der Waals surface area contributed by atoms with Crippen molar-refractivity contribution in [2.45, 2.75) is 18.7 Å². The summed E-state index contributed by atoms with van der Waals surface area (Å²) in [6.45, 7) is 5.31. The van der Waals surface area contributed by atoms with Gasteiger partial charge < -0.3 is 9.64 Å². The van der Waals surface area contributed by atoms with Crippen molar-refractivity contribution in [2.75, 3.05) is 50.5 Å². The molecule has 1 heterocycles. The van der Waals surface area contributed by atoms with Crippen LogP contribution in [-0.2, 0) is 20.0 Å². The molecule has 1 N–H and O–H groups in total. The molecule has 0 aromatic heterocycles. The van der Waals surface area contributed by atoms with Crippen LogP contribution in [0.15, 0.2) is 47.4 Å². The van der Waals surface area contributed by atoms with Gasteiger partial charge in [0.2, 0.25) is 20.0 Å². The van der Waals surface area contributed by atoms with Crippen molar-refractivity contribution in [3.05, 3.63) is 53.6 Å². The number of anilines is 1. The topological polar surface area (TPSA) is 96.0 Å². The van der Waals surface area contributed by atoms with Crippen LogP contribution in [0.25, 0.3) is 0 Å². The third-order valence-electron chi connectivity index (χ3n) is 5.50. The fraction of sp³-hybridized carbons (Fsp3) is 0.429. The average Bonchev–Trinajstić information content (AvgIpc) is 2.75. The number of para-hydroxylation sites is 2. The van der Waals surface area contributed by atoms with Crippen molar-refractivity contribution in [3.8, 4) is 5.75 Å². The van der Waals surface area contributed by atoms with E-state index in [0.717, 1.165) is 22.6 Å². The highest BCUT2D eigenvalue weighted by atomic mass is 32.2. The molecule has 170 valence electrons. The smallest absolute Gasteiger partial charge is 0.240 e. The fourth-order valence-corrected chi connectivity index (χ4v) is 6.08. The van der Waals surface area contributed by atoms with E-state index < -0.39 is 20.0 Å². The summed E-state index contributed by atoms with van der Waals surface area (Å²) in [6.07, 6.45) is 0. The number of aryl methyl sites for hydroxylation is 2. The highest BCUT2D eigenvalue weighted by molar-refractivity contribution is 7.90. The third kappa shape index (κ3) is 5.57. The van der Waals surface area contributed by atoms with Gasteiger partial charge in [-0.05, 0) is 49.2 Å². The maximum atomic E-state index is 12.7. The van der Waals surface area contributed by atoms with E-state index in [1.165, 1.54) is 10.4 Å². The summed E-state index contributed by atoms with van der Waals surface area (Å²) in [5.41, 5.74) is 2.79. The van der Waals surface area contributed by atoms with Crippen molar-refractivity contribution in [1.29, 1.82) is 0 Å². The first-order valence-electron chi connectivity index (χ1n) is 10.1. The van der Waals surface area contributed by atoms with E-state index in [2.05, 4.69) is 9.62 Å². The maximum Gasteiger partial charge on any atom is 0.240 e. The highest BCUT2D eigenvalue weighted by Crippen LogP contribution is 2.28. The van der Waals surface area contributed by atoms with Gasteiger partial charge >= 0.3 is 0 Å². The SMILES string of the molecule is COc1ccccc1N1CCN(S(=O)(=O)CCNS(=O)(=O)c2ccc(C)c(C)c2)CC1. The van der Waals surface area contributed by atoms with Crippen molar-refractivity contribution in [1.82, 2.24) is 9.03 Å². The predicted molar refractivity (Wildman–Crippen MR) is 122 cm³/mol. The van der Waals surface area contributed by atoms with Gasteiger partial charge in [-0.15, -0.1) is 0 Å². The second-order valence-electron chi connectivity index (χ2n) is 7.52. The monoisotopic (exact) mass is 467 g/mol. The number of hydrogen-bond acceptors (Lipinski definition) is 6. The normalized spacial score (nSPS) is 15.8. The molecule has 31 heavy (non-hydrogen) atoms. The summed E-state index contributed by atoms with van der Waals surface area (Å²) in [6, 6.07) is 12.5. The van der Waals surface area contributed by atoms with E-state index in [0.29, 0.717) is 26.2 Å². The Morgan fingerprint density at radius 2 is 1.61 bits per heavy atom. The van der Waals surface area contributed by atoms with Gasteiger partial charge in [-0.25, -0.2) is 21.6 Å². The molecule has 0 unspecified atom stereocenters. The molecule has 0 spiro atoms. The largest absolute Gasteiger partial charge is 0.495 e. The minimum Gasteiger partial charge on any atom is -0.495 e. The Morgan fingerprint density at radius 1 is 0.935 bits per heavy atom. The van der Waals surface area contributed by atoms with Gasteiger partial charge in [0.1, 0.15) is 5.75 Å². The van der Waals surface area contributed by atoms with Crippen LogP contribution in [0, 0.1) is 13.8 Å². The molecule has 0 radical (unpaired) electrons. The molecule has 0 amide bonds. The minimum atomic E-state index is -3.76. The van der Waals surface area contributed by atoms with Gasteiger partial charge in [-0.2, -0.15) is 4.31 Å². The van der Waals surface area contributed by atoms with Crippen molar-refractivity contribution >= 4 is 25.7 Å². The third-order valence-corrected chi connectivity index (χ3v) is 8.83. The van der Waals surface area contributed by atoms with E-state index in [1.807, 2.05) is 38.1 Å². The average molecular weight is 468 g/mol. The summed E-state index contributed by atoms with van der Waals surface area (Å²) in [4.78, 5) is 2.23. The van der Waals surface area contributed by atoms with Crippen LogP contribution >= 0.6 is 0 Å². The van der Waals surface area contributed by atoms with Crippen LogP contribution in [0.1, 0.15) is 11.1 Å². The standard InChI is InChI=1S/C21H29N3O5S2/c1-17-8-9-19(16-18(17)2)31(27,28)22-10-15-30(25,26)24-13-11-23(12-14-24)20-6-4-5-7-21(20)29-3/h4-9,16,22H,10-15H2,1-3H3. The molecule has 2 aromatic rings. The lowest BCUT2D eigenvalue weighted by Gasteiger charge is -2.35. The van der Waals surface area contributed by atoms with Gasteiger partial charge in [-0.3, -0.25) is 0 Å². The molecular formula is C21H29N3O5S2. The van der Waals surface area contributed by atoms with E-state index >= 15 is 0 Å². The van der Waals surface area contributed by atoms with E-state index in [4.69, 9.17) is 4.74 Å². The number of hydrogen-bond donors (Lipinski definition) is 1. The molecule has 3 rings (SSSR count). The van der Waals surface area contributed by atoms with Crippen LogP contribution in [0.4, 0.5) is 5.69 Å². The number of benzene rings is 2.